The Labute approximate surface area is 171 Å². The summed E-state index contributed by atoms with van der Waals surface area (Å²) in [4.78, 5) is 4.53. The lowest BCUT2D eigenvalue weighted by Crippen LogP contribution is -2.12. The molecule has 2 aromatic carbocycles. The molecule has 0 atom stereocenters. The van der Waals surface area contributed by atoms with Gasteiger partial charge in [-0.3, -0.25) is 0 Å². The minimum Gasteiger partial charge on any atom is -0.497 e. The second kappa shape index (κ2) is 8.27. The van der Waals surface area contributed by atoms with Crippen molar-refractivity contribution in [1.29, 1.82) is 0 Å². The van der Waals surface area contributed by atoms with E-state index in [1.165, 1.54) is 16.4 Å². The van der Waals surface area contributed by atoms with Gasteiger partial charge >= 0.3 is 0 Å². The van der Waals surface area contributed by atoms with Crippen molar-refractivity contribution in [3.8, 4) is 34.3 Å². The molecule has 148 valence electrons. The number of benzene rings is 2. The van der Waals surface area contributed by atoms with Crippen LogP contribution in [0.15, 0.2) is 64.4 Å². The normalized spacial score (nSPS) is 10.8. The van der Waals surface area contributed by atoms with Crippen LogP contribution in [0.1, 0.15) is 5.69 Å². The van der Waals surface area contributed by atoms with Gasteiger partial charge in [-0.05, 0) is 36.4 Å². The smallest absolute Gasteiger partial charge is 0.226 e. The Morgan fingerprint density at radius 1 is 1.03 bits per heavy atom. The van der Waals surface area contributed by atoms with Gasteiger partial charge in [-0.2, -0.15) is 0 Å². The number of thioether (sulfide) groups is 1. The standard InChI is InChI=1S/C20H19N5O3S/c1-26-15-9-7-13(8-10-15)19-22-14(11-28-19)12-29-20-24-23-18(25(20)21)16-5-3-4-6-17(16)27-2/h3-11H,12,21H2,1-2H3. The van der Waals surface area contributed by atoms with Crippen molar-refractivity contribution in [3.63, 3.8) is 0 Å². The highest BCUT2D eigenvalue weighted by Crippen LogP contribution is 2.30. The molecule has 2 N–H and O–H groups in total. The van der Waals surface area contributed by atoms with Crippen LogP contribution in [0, 0.1) is 0 Å². The topological polar surface area (TPSA) is 101 Å². The number of nitrogens with two attached hydrogens (primary N) is 1. The van der Waals surface area contributed by atoms with Crippen LogP contribution in [0.5, 0.6) is 11.5 Å². The van der Waals surface area contributed by atoms with E-state index in [0.29, 0.717) is 28.4 Å². The molecule has 0 spiro atoms. The first kappa shape index (κ1) is 18.9. The maximum atomic E-state index is 6.21. The van der Waals surface area contributed by atoms with Gasteiger partial charge in [0.15, 0.2) is 5.82 Å². The molecule has 0 aliphatic carbocycles. The van der Waals surface area contributed by atoms with Gasteiger partial charge in [0.25, 0.3) is 0 Å². The van der Waals surface area contributed by atoms with E-state index in [9.17, 15) is 0 Å². The van der Waals surface area contributed by atoms with Crippen molar-refractivity contribution in [2.75, 3.05) is 20.1 Å². The molecule has 8 nitrogen and oxygen atoms in total. The fourth-order valence-corrected chi connectivity index (χ4v) is 3.50. The van der Waals surface area contributed by atoms with Crippen molar-refractivity contribution in [2.24, 2.45) is 0 Å². The SMILES string of the molecule is COc1ccc(-c2nc(CSc3nnc(-c4ccccc4OC)n3N)co2)cc1. The Balaban J connectivity index is 1.47. The number of hydrogen-bond acceptors (Lipinski definition) is 8. The van der Waals surface area contributed by atoms with Crippen LogP contribution in [0.3, 0.4) is 0 Å². The molecular weight excluding hydrogens is 390 g/mol. The lowest BCUT2D eigenvalue weighted by Gasteiger charge is -2.07. The first-order chi connectivity index (χ1) is 14.2. The average Bonchev–Trinajstić information content (AvgIpc) is 3.39. The third-order valence-corrected chi connectivity index (χ3v) is 5.23. The van der Waals surface area contributed by atoms with E-state index in [1.54, 1.807) is 20.5 Å². The van der Waals surface area contributed by atoms with Crippen LogP contribution in [0.4, 0.5) is 0 Å². The summed E-state index contributed by atoms with van der Waals surface area (Å²) in [7, 11) is 3.24. The first-order valence-corrected chi connectivity index (χ1v) is 9.73. The van der Waals surface area contributed by atoms with Crippen molar-refractivity contribution in [3.05, 3.63) is 60.5 Å². The molecule has 0 unspecified atom stereocenters. The molecular formula is C20H19N5O3S. The van der Waals surface area contributed by atoms with Gasteiger partial charge in [0.1, 0.15) is 17.8 Å². The zero-order valence-electron chi connectivity index (χ0n) is 15.9. The Bertz CT molecular complexity index is 1110. The highest BCUT2D eigenvalue weighted by atomic mass is 32.2. The quantitative estimate of drug-likeness (QED) is 0.365. The van der Waals surface area contributed by atoms with Gasteiger partial charge in [0.2, 0.25) is 11.0 Å². The highest BCUT2D eigenvalue weighted by Gasteiger charge is 2.16. The van der Waals surface area contributed by atoms with Gasteiger partial charge in [-0.15, -0.1) is 10.2 Å². The van der Waals surface area contributed by atoms with E-state index in [0.717, 1.165) is 22.6 Å². The van der Waals surface area contributed by atoms with Crippen LogP contribution in [0.2, 0.25) is 0 Å². The average molecular weight is 409 g/mol. The number of aromatic nitrogens is 4. The zero-order valence-corrected chi connectivity index (χ0v) is 16.7. The summed E-state index contributed by atoms with van der Waals surface area (Å²) in [5.41, 5.74) is 2.44. The molecule has 0 bridgehead atoms. The minimum atomic E-state index is 0.532. The number of hydrogen-bond donors (Lipinski definition) is 1. The number of oxazole rings is 1. The van der Waals surface area contributed by atoms with E-state index in [2.05, 4.69) is 15.2 Å². The molecule has 2 heterocycles. The number of rotatable bonds is 7. The number of para-hydroxylation sites is 1. The molecule has 0 fully saturated rings. The molecule has 2 aromatic heterocycles. The van der Waals surface area contributed by atoms with Gasteiger partial charge in [-0.1, -0.05) is 23.9 Å². The lowest BCUT2D eigenvalue weighted by molar-refractivity contribution is 0.415. The predicted octanol–water partition coefficient (Wildman–Crippen LogP) is 3.62. The van der Waals surface area contributed by atoms with Crippen LogP contribution >= 0.6 is 11.8 Å². The fraction of sp³-hybridized carbons (Fsp3) is 0.150. The molecule has 0 saturated carbocycles. The third-order valence-electron chi connectivity index (χ3n) is 4.25. The van der Waals surface area contributed by atoms with Crippen molar-refractivity contribution < 1.29 is 13.9 Å². The predicted molar refractivity (Wildman–Crippen MR) is 110 cm³/mol. The fourth-order valence-electron chi connectivity index (χ4n) is 2.77. The Hall–Kier alpha value is -3.46. The van der Waals surface area contributed by atoms with Crippen LogP contribution in [-0.2, 0) is 5.75 Å². The monoisotopic (exact) mass is 409 g/mol. The Morgan fingerprint density at radius 2 is 1.83 bits per heavy atom. The molecule has 0 aliphatic rings. The van der Waals surface area contributed by atoms with Gasteiger partial charge in [0.05, 0.1) is 25.5 Å². The third kappa shape index (κ3) is 3.90. The molecule has 0 saturated heterocycles. The second-order valence-corrected chi connectivity index (χ2v) is 6.98. The van der Waals surface area contributed by atoms with Crippen molar-refractivity contribution in [2.45, 2.75) is 10.9 Å². The number of ether oxygens (including phenoxy) is 2. The Kier molecular flexibility index (Phi) is 5.39. The molecule has 0 radical (unpaired) electrons. The van der Waals surface area contributed by atoms with Crippen LogP contribution in [0.25, 0.3) is 22.8 Å². The lowest BCUT2D eigenvalue weighted by atomic mass is 10.2. The molecule has 4 aromatic rings. The number of nitrogens with zero attached hydrogens (tertiary/aromatic N) is 4. The summed E-state index contributed by atoms with van der Waals surface area (Å²) in [6.07, 6.45) is 1.63. The summed E-state index contributed by atoms with van der Waals surface area (Å²) in [6, 6.07) is 15.1. The van der Waals surface area contributed by atoms with Gasteiger partial charge < -0.3 is 19.7 Å². The Morgan fingerprint density at radius 3 is 2.59 bits per heavy atom. The summed E-state index contributed by atoms with van der Waals surface area (Å²) in [6.45, 7) is 0. The number of methoxy groups -OCH3 is 2. The largest absolute Gasteiger partial charge is 0.497 e. The molecule has 4 rings (SSSR count). The minimum absolute atomic E-state index is 0.532. The molecule has 9 heteroatoms. The van der Waals surface area contributed by atoms with Crippen molar-refractivity contribution >= 4 is 11.8 Å². The van der Waals surface area contributed by atoms with E-state index < -0.39 is 0 Å². The summed E-state index contributed by atoms with van der Waals surface area (Å²) >= 11 is 1.42. The van der Waals surface area contributed by atoms with Crippen LogP contribution < -0.4 is 15.3 Å². The maximum Gasteiger partial charge on any atom is 0.226 e. The first-order valence-electron chi connectivity index (χ1n) is 8.75. The zero-order chi connectivity index (χ0) is 20.2. The second-order valence-electron chi connectivity index (χ2n) is 6.04. The summed E-state index contributed by atoms with van der Waals surface area (Å²) in [5.74, 6) is 9.29. The highest BCUT2D eigenvalue weighted by molar-refractivity contribution is 7.98. The summed E-state index contributed by atoms with van der Waals surface area (Å²) < 4.78 is 17.6. The van der Waals surface area contributed by atoms with Crippen LogP contribution in [-0.4, -0.2) is 34.1 Å². The van der Waals surface area contributed by atoms with Crippen molar-refractivity contribution in [1.82, 2.24) is 19.9 Å². The van der Waals surface area contributed by atoms with Gasteiger partial charge in [0, 0.05) is 11.3 Å². The molecule has 0 aliphatic heterocycles. The van der Waals surface area contributed by atoms with Gasteiger partial charge in [-0.25, -0.2) is 9.66 Å². The van der Waals surface area contributed by atoms with E-state index >= 15 is 0 Å². The van der Waals surface area contributed by atoms with E-state index in [1.807, 2.05) is 48.5 Å². The van der Waals surface area contributed by atoms with E-state index in [4.69, 9.17) is 19.7 Å². The summed E-state index contributed by atoms with van der Waals surface area (Å²) in [5, 5.41) is 8.97. The van der Waals surface area contributed by atoms with E-state index in [-0.39, 0.29) is 0 Å². The maximum absolute atomic E-state index is 6.21. The number of nitrogen functional groups attached to an aromatic ring is 1. The molecule has 29 heavy (non-hydrogen) atoms. The molecule has 0 amide bonds.